The molecule has 0 aliphatic carbocycles. The zero-order valence-corrected chi connectivity index (χ0v) is 54.6. The van der Waals surface area contributed by atoms with Crippen molar-refractivity contribution in [3.05, 3.63) is 198 Å². The van der Waals surface area contributed by atoms with Crippen LogP contribution in [-0.2, 0) is 45.8 Å². The molecule has 0 aliphatic heterocycles. The molecule has 4 aromatic heterocycles. The van der Waals surface area contributed by atoms with Gasteiger partial charge in [0.25, 0.3) is 0 Å². The lowest BCUT2D eigenvalue weighted by atomic mass is 9.92. The number of halogens is 1. The van der Waals surface area contributed by atoms with Crippen LogP contribution < -0.4 is 36.5 Å². The van der Waals surface area contributed by atoms with E-state index in [1.165, 1.54) is 0 Å². The fourth-order valence-electron chi connectivity index (χ4n) is 9.16. The predicted octanol–water partition coefficient (Wildman–Crippen LogP) is 14.7. The molecule has 0 radical (unpaired) electrons. The highest BCUT2D eigenvalue weighted by Crippen LogP contribution is 2.37. The van der Waals surface area contributed by atoms with Gasteiger partial charge in [-0.3, -0.25) is 25.2 Å². The first-order chi connectivity index (χ1) is 44.5. The number of amides is 4. The number of carbonyl (C=O) groups excluding carboxylic acids is 4. The summed E-state index contributed by atoms with van der Waals surface area (Å²) in [5.41, 5.74) is 13.0. The molecule has 93 heavy (non-hydrogen) atoms. The molecule has 10 rings (SSSR count). The van der Waals surface area contributed by atoms with Crippen LogP contribution in [-0.4, -0.2) is 106 Å². The number of nitrogens with zero attached hydrogens (tertiary/aromatic N) is 6. The van der Waals surface area contributed by atoms with E-state index in [2.05, 4.69) is 77.5 Å². The molecule has 4 amide bonds. The molecule has 10 aromatic rings. The highest BCUT2D eigenvalue weighted by atomic mass is 35.5. The number of nitrogen functional groups attached to an aromatic ring is 1. The van der Waals surface area contributed by atoms with Gasteiger partial charge in [-0.25, -0.2) is 23.9 Å². The normalized spacial score (nSPS) is 11.2. The van der Waals surface area contributed by atoms with Crippen LogP contribution in [0.15, 0.2) is 170 Å². The van der Waals surface area contributed by atoms with Crippen molar-refractivity contribution in [2.45, 2.75) is 72.6 Å². The number of methoxy groups -OCH3 is 2. The first-order valence-corrected chi connectivity index (χ1v) is 30.3. The van der Waals surface area contributed by atoms with Crippen LogP contribution in [0.3, 0.4) is 0 Å². The Kier molecular flexibility index (Phi) is 23.9. The summed E-state index contributed by atoms with van der Waals surface area (Å²) in [5, 5.41) is 24.4. The Labute approximate surface area is 545 Å². The second kappa shape index (κ2) is 32.3. The number of benzene rings is 6. The molecule has 22 heteroatoms. The van der Waals surface area contributed by atoms with Gasteiger partial charge in [-0.2, -0.15) is 10.2 Å². The summed E-state index contributed by atoms with van der Waals surface area (Å²) in [5.74, 6) is 3.79. The number of Topliss-reactive ketones (excluding diaryl/α,β-unsaturated/α-hetero) is 1. The Morgan fingerprint density at radius 3 is 1.37 bits per heavy atom. The van der Waals surface area contributed by atoms with Gasteiger partial charge in [0.1, 0.15) is 53.7 Å². The van der Waals surface area contributed by atoms with E-state index in [4.69, 9.17) is 51.2 Å². The minimum atomic E-state index is -0.480. The van der Waals surface area contributed by atoms with Gasteiger partial charge in [-0.05, 0) is 86.1 Å². The third kappa shape index (κ3) is 20.0. The predicted molar refractivity (Wildman–Crippen MR) is 365 cm³/mol. The fourth-order valence-corrected chi connectivity index (χ4v) is 9.23. The van der Waals surface area contributed by atoms with Crippen LogP contribution in [0.1, 0.15) is 69.8 Å². The second-order valence-corrected chi connectivity index (χ2v) is 24.0. The van der Waals surface area contributed by atoms with Crippen LogP contribution in [0.2, 0.25) is 0 Å². The van der Waals surface area contributed by atoms with Crippen LogP contribution in [0, 0.1) is 13.8 Å². The Balaban J connectivity index is 0.000000214. The summed E-state index contributed by atoms with van der Waals surface area (Å²) in [6.45, 7) is 18.2. The minimum Gasteiger partial charge on any atom is -0.457 e. The van der Waals surface area contributed by atoms with E-state index in [1.807, 2.05) is 135 Å². The molecule has 0 saturated carbocycles. The van der Waals surface area contributed by atoms with Crippen LogP contribution in [0.5, 0.6) is 23.0 Å². The molecule has 0 bridgehead atoms. The summed E-state index contributed by atoms with van der Waals surface area (Å²) in [6.07, 6.45) is 3.33. The first-order valence-electron chi connectivity index (χ1n) is 30.0. The number of rotatable bonds is 22. The Morgan fingerprint density at radius 1 is 0.505 bits per heavy atom. The number of carbonyl (C=O) groups is 4. The third-order valence-corrected chi connectivity index (χ3v) is 14.1. The Hall–Kier alpha value is -10.0. The number of nitrogens with one attached hydrogen (secondary N) is 4. The van der Waals surface area contributed by atoms with Crippen LogP contribution in [0.25, 0.3) is 32.9 Å². The van der Waals surface area contributed by atoms with E-state index >= 15 is 0 Å². The van der Waals surface area contributed by atoms with Crippen LogP contribution >= 0.6 is 11.6 Å². The number of urea groups is 2. The summed E-state index contributed by atoms with van der Waals surface area (Å²) >= 11 is 4.95. The molecule has 0 unspecified atom stereocenters. The SMILES string of the molecule is COCCOCC(=O)Cc1cc(Oc2ccc(NC(=O)Nc3cc(C(C)(C)C)nn3-c3ccc(C)cc3)c3ccccc23)ccn1.COCCOCC(=O)Cl.Cc1ccc(-n2nc(C(C)(C)C)cc2NC(=O)Nc2ccc(Oc3ccnc(N)c3)c3ccccc23)cc1. The lowest BCUT2D eigenvalue weighted by molar-refractivity contribution is -0.123. The third-order valence-electron chi connectivity index (χ3n) is 14.0. The van der Waals surface area contributed by atoms with Gasteiger partial charge in [0.05, 0.1) is 72.7 Å². The van der Waals surface area contributed by atoms with Crippen molar-refractivity contribution in [3.8, 4) is 34.4 Å². The molecular formula is C71H78ClN11O10. The van der Waals surface area contributed by atoms with Gasteiger partial charge in [0.15, 0.2) is 5.78 Å². The minimum absolute atomic E-state index is 0.00511. The van der Waals surface area contributed by atoms with Gasteiger partial charge in [0.2, 0.25) is 5.24 Å². The standard InChI is InChI=1S/C36H39N5O5.C30H30N6O2.C5H9ClO3/c1-24-10-12-26(13-11-24)41-34(22-33(40-41)36(2,3)4)39-35(43)38-31-14-15-32(30-9-7-6-8-29(30)31)46-28-16-17-37-25(21-28)20-27(42)23-45-19-18-44-5;1-19-9-11-20(12-10-19)36-28(18-26(35-36)30(2,3)4)34-29(37)33-24-13-14-25(23-8-6-5-7-22(23)24)38-21-15-16-32-27(31)17-21;1-8-2-3-9-4-5(6)7/h6-17,21-22H,18-20,23H2,1-5H3,(H2,38,39,43);5-18H,1-4H3,(H2,31,32)(H2,33,34,37);2-4H2,1H3. The van der Waals surface area contributed by atoms with E-state index < -0.39 is 11.3 Å². The average molecular weight is 1280 g/mol. The summed E-state index contributed by atoms with van der Waals surface area (Å²) in [4.78, 5) is 57.2. The monoisotopic (exact) mass is 1280 g/mol. The number of fused-ring (bicyclic) bond motifs is 2. The quantitative estimate of drug-likeness (QED) is 0.0312. The van der Waals surface area contributed by atoms with E-state index in [-0.39, 0.29) is 42.3 Å². The van der Waals surface area contributed by atoms with Crippen molar-refractivity contribution in [2.24, 2.45) is 0 Å². The summed E-state index contributed by atoms with van der Waals surface area (Å²) in [7, 11) is 3.14. The number of ether oxygens (including phenoxy) is 6. The fraction of sp³-hybridized carbons (Fsp3) is 0.268. The largest absolute Gasteiger partial charge is 0.457 e. The van der Waals surface area contributed by atoms with Crippen molar-refractivity contribution in [2.75, 3.05) is 80.9 Å². The van der Waals surface area contributed by atoms with E-state index in [0.29, 0.717) is 83.9 Å². The van der Waals surface area contributed by atoms with Gasteiger partial charge >= 0.3 is 12.1 Å². The van der Waals surface area contributed by atoms with E-state index in [9.17, 15) is 19.2 Å². The molecule has 6 aromatic carbocycles. The Bertz CT molecular complexity index is 4180. The van der Waals surface area contributed by atoms with E-state index in [1.54, 1.807) is 72.4 Å². The maximum atomic E-state index is 13.4. The lowest BCUT2D eigenvalue weighted by Crippen LogP contribution is -2.21. The number of nitrogens with two attached hydrogens (primary N) is 1. The topological polar surface area (TPSA) is 259 Å². The maximum Gasteiger partial charge on any atom is 0.324 e. The van der Waals surface area contributed by atoms with Gasteiger partial charge < -0.3 is 44.8 Å². The van der Waals surface area contributed by atoms with E-state index in [0.717, 1.165) is 55.4 Å². The zero-order chi connectivity index (χ0) is 66.7. The number of pyridine rings is 2. The van der Waals surface area contributed by atoms with Gasteiger partial charge in [0, 0.05) is 83.3 Å². The number of aromatic nitrogens is 6. The van der Waals surface area contributed by atoms with Gasteiger partial charge in [-0.15, -0.1) is 0 Å². The molecule has 0 aliphatic rings. The number of ketones is 1. The lowest BCUT2D eigenvalue weighted by Gasteiger charge is -2.14. The zero-order valence-electron chi connectivity index (χ0n) is 53.8. The summed E-state index contributed by atoms with van der Waals surface area (Å²) < 4.78 is 35.5. The molecule has 0 spiro atoms. The van der Waals surface area contributed by atoms with Gasteiger partial charge in [-0.1, -0.05) is 125 Å². The summed E-state index contributed by atoms with van der Waals surface area (Å²) in [6, 6.07) is 48.6. The van der Waals surface area contributed by atoms with Crippen molar-refractivity contribution >= 4 is 85.1 Å². The maximum absolute atomic E-state index is 13.4. The average Bonchev–Trinajstić information content (AvgIpc) is 1.83. The number of aryl methyl sites for hydroxylation is 2. The second-order valence-electron chi connectivity index (χ2n) is 23.6. The number of hydrogen-bond acceptors (Lipinski definition) is 15. The van der Waals surface area contributed by atoms with Crippen molar-refractivity contribution < 1.29 is 47.6 Å². The van der Waals surface area contributed by atoms with Crippen molar-refractivity contribution in [1.29, 1.82) is 0 Å². The molecule has 0 saturated heterocycles. The molecule has 21 nitrogen and oxygen atoms in total. The number of hydrogen-bond donors (Lipinski definition) is 5. The molecule has 0 fully saturated rings. The van der Waals surface area contributed by atoms with Crippen molar-refractivity contribution in [1.82, 2.24) is 29.5 Å². The molecule has 0 atom stereocenters. The Morgan fingerprint density at radius 2 is 0.935 bits per heavy atom. The first kappa shape index (κ1) is 68.9. The highest BCUT2D eigenvalue weighted by Gasteiger charge is 2.24. The smallest absolute Gasteiger partial charge is 0.324 e. The van der Waals surface area contributed by atoms with Crippen molar-refractivity contribution in [3.63, 3.8) is 0 Å². The number of anilines is 5. The highest BCUT2D eigenvalue weighted by molar-refractivity contribution is 6.63. The molecular weight excluding hydrogens is 1200 g/mol. The molecule has 484 valence electrons. The molecule has 4 heterocycles. The van der Waals surface area contributed by atoms with Crippen LogP contribution in [0.4, 0.5) is 38.4 Å². The molecule has 6 N–H and O–H groups in total.